The van der Waals surface area contributed by atoms with Crippen LogP contribution in [0, 0.1) is 0 Å². The smallest absolute Gasteiger partial charge is 0.416 e. The minimum atomic E-state index is -4.45. The van der Waals surface area contributed by atoms with Crippen LogP contribution in [0.4, 0.5) is 18.9 Å². The second-order valence-electron chi connectivity index (χ2n) is 6.43. The van der Waals surface area contributed by atoms with Crippen molar-refractivity contribution in [3.8, 4) is 22.8 Å². The monoisotopic (exact) mass is 433 g/mol. The first-order valence-corrected chi connectivity index (χ1v) is 8.97. The summed E-state index contributed by atoms with van der Waals surface area (Å²) < 4.78 is 49.4. The third-order valence-corrected chi connectivity index (χ3v) is 4.38. The lowest BCUT2D eigenvalue weighted by Gasteiger charge is -2.12. The number of carbonyl (C=O) groups is 1. The van der Waals surface area contributed by atoms with Crippen molar-refractivity contribution < 1.29 is 27.4 Å². The Bertz CT molecular complexity index is 1140. The summed E-state index contributed by atoms with van der Waals surface area (Å²) in [5, 5.41) is 2.64. The summed E-state index contributed by atoms with van der Waals surface area (Å²) >= 11 is 0. The molecule has 0 aliphatic rings. The van der Waals surface area contributed by atoms with Gasteiger partial charge in [0.2, 0.25) is 5.91 Å². The van der Waals surface area contributed by atoms with Gasteiger partial charge in [-0.25, -0.2) is 4.98 Å². The average molecular weight is 433 g/mol. The molecule has 0 atom stereocenters. The zero-order valence-corrected chi connectivity index (χ0v) is 16.6. The lowest BCUT2D eigenvalue weighted by molar-refractivity contribution is -0.137. The maximum Gasteiger partial charge on any atom is 0.416 e. The number of hydrogen-bond donors (Lipinski definition) is 1. The summed E-state index contributed by atoms with van der Waals surface area (Å²) in [6.07, 6.45) is -3.29. The van der Waals surface area contributed by atoms with Crippen LogP contribution >= 0.6 is 0 Å². The number of alkyl halides is 3. The average Bonchev–Trinajstić information content (AvgIpc) is 2.74. The molecule has 1 heterocycles. The molecule has 162 valence electrons. The van der Waals surface area contributed by atoms with E-state index in [0.29, 0.717) is 22.7 Å². The zero-order chi connectivity index (χ0) is 22.6. The summed E-state index contributed by atoms with van der Waals surface area (Å²) in [5.41, 5.74) is -0.409. The predicted octanol–water partition coefficient (Wildman–Crippen LogP) is 3.59. The molecule has 0 aliphatic carbocycles. The van der Waals surface area contributed by atoms with Gasteiger partial charge in [0, 0.05) is 17.7 Å². The molecule has 0 fully saturated rings. The van der Waals surface area contributed by atoms with Crippen LogP contribution in [0.3, 0.4) is 0 Å². The molecule has 1 amide bonds. The summed E-state index contributed by atoms with van der Waals surface area (Å²) in [4.78, 5) is 28.8. The molecule has 3 rings (SSSR count). The highest BCUT2D eigenvalue weighted by molar-refractivity contribution is 5.92. The molecule has 7 nitrogen and oxygen atoms in total. The Hall–Kier alpha value is -3.82. The largest absolute Gasteiger partial charge is 0.497 e. The van der Waals surface area contributed by atoms with Crippen molar-refractivity contribution in [2.75, 3.05) is 19.5 Å². The van der Waals surface area contributed by atoms with Crippen LogP contribution in [0.5, 0.6) is 11.5 Å². The van der Waals surface area contributed by atoms with E-state index >= 15 is 0 Å². The molecule has 0 bridgehead atoms. The van der Waals surface area contributed by atoms with E-state index in [0.717, 1.165) is 29.1 Å². The van der Waals surface area contributed by atoms with Crippen LogP contribution in [0.15, 0.2) is 59.7 Å². The SMILES string of the molecule is COc1ccc(OC)c(NC(=O)Cn2cnc(-c3ccc(C(F)(F)F)cc3)cc2=O)c1. The van der Waals surface area contributed by atoms with Crippen molar-refractivity contribution in [2.45, 2.75) is 12.7 Å². The third-order valence-electron chi connectivity index (χ3n) is 4.38. The molecular weight excluding hydrogens is 415 g/mol. The van der Waals surface area contributed by atoms with Gasteiger partial charge in [0.25, 0.3) is 5.56 Å². The van der Waals surface area contributed by atoms with E-state index in [1.165, 1.54) is 26.4 Å². The van der Waals surface area contributed by atoms with Crippen molar-refractivity contribution in [3.05, 3.63) is 70.8 Å². The number of methoxy groups -OCH3 is 2. The van der Waals surface area contributed by atoms with E-state index in [9.17, 15) is 22.8 Å². The molecule has 0 radical (unpaired) electrons. The summed E-state index contributed by atoms with van der Waals surface area (Å²) in [6.45, 7) is -0.320. The third kappa shape index (κ3) is 5.21. The number of nitrogens with one attached hydrogen (secondary N) is 1. The highest BCUT2D eigenvalue weighted by Crippen LogP contribution is 2.30. The fourth-order valence-electron chi connectivity index (χ4n) is 2.79. The van der Waals surface area contributed by atoms with Gasteiger partial charge in [-0.05, 0) is 24.3 Å². The lowest BCUT2D eigenvalue weighted by atomic mass is 10.1. The maximum absolute atomic E-state index is 12.7. The Balaban J connectivity index is 1.75. The van der Waals surface area contributed by atoms with Gasteiger partial charge in [0.1, 0.15) is 18.0 Å². The molecule has 0 aliphatic heterocycles. The lowest BCUT2D eigenvalue weighted by Crippen LogP contribution is -2.27. The molecule has 2 aromatic carbocycles. The van der Waals surface area contributed by atoms with Crippen molar-refractivity contribution in [1.82, 2.24) is 9.55 Å². The first-order chi connectivity index (χ1) is 14.7. The Kier molecular flexibility index (Phi) is 6.28. The Morgan fingerprint density at radius 3 is 2.35 bits per heavy atom. The van der Waals surface area contributed by atoms with Gasteiger partial charge in [-0.15, -0.1) is 0 Å². The van der Waals surface area contributed by atoms with Crippen molar-refractivity contribution in [3.63, 3.8) is 0 Å². The van der Waals surface area contributed by atoms with Crippen LogP contribution in [0.25, 0.3) is 11.3 Å². The predicted molar refractivity (Wildman–Crippen MR) is 107 cm³/mol. The quantitative estimate of drug-likeness (QED) is 0.643. The number of nitrogens with zero attached hydrogens (tertiary/aromatic N) is 2. The van der Waals surface area contributed by atoms with E-state index in [1.54, 1.807) is 18.2 Å². The van der Waals surface area contributed by atoms with Crippen molar-refractivity contribution in [2.24, 2.45) is 0 Å². The summed E-state index contributed by atoms with van der Waals surface area (Å²) in [5.74, 6) is 0.422. The normalized spacial score (nSPS) is 11.1. The first-order valence-electron chi connectivity index (χ1n) is 8.97. The van der Waals surface area contributed by atoms with E-state index in [2.05, 4.69) is 10.3 Å². The minimum Gasteiger partial charge on any atom is -0.497 e. The van der Waals surface area contributed by atoms with Gasteiger partial charge in [-0.3, -0.25) is 14.2 Å². The van der Waals surface area contributed by atoms with E-state index < -0.39 is 23.2 Å². The van der Waals surface area contributed by atoms with Crippen LogP contribution in [-0.2, 0) is 17.5 Å². The number of hydrogen-bond acceptors (Lipinski definition) is 5. The minimum absolute atomic E-state index is 0.199. The van der Waals surface area contributed by atoms with Crippen LogP contribution in [0.1, 0.15) is 5.56 Å². The number of anilines is 1. The van der Waals surface area contributed by atoms with Gasteiger partial charge in [0.05, 0.1) is 37.5 Å². The fraction of sp³-hybridized carbons (Fsp3) is 0.190. The van der Waals surface area contributed by atoms with Crippen LogP contribution in [0.2, 0.25) is 0 Å². The summed E-state index contributed by atoms with van der Waals surface area (Å²) in [7, 11) is 2.93. The number of benzene rings is 2. The maximum atomic E-state index is 12.7. The van der Waals surface area contributed by atoms with Crippen molar-refractivity contribution >= 4 is 11.6 Å². The highest BCUT2D eigenvalue weighted by Gasteiger charge is 2.30. The number of ether oxygens (including phenoxy) is 2. The van der Waals surface area contributed by atoms with Crippen molar-refractivity contribution in [1.29, 1.82) is 0 Å². The molecule has 0 spiro atoms. The Morgan fingerprint density at radius 1 is 1.06 bits per heavy atom. The van der Waals surface area contributed by atoms with E-state index in [1.807, 2.05) is 0 Å². The number of aromatic nitrogens is 2. The number of amides is 1. The van der Waals surface area contributed by atoms with E-state index in [4.69, 9.17) is 9.47 Å². The van der Waals surface area contributed by atoms with E-state index in [-0.39, 0.29) is 12.2 Å². The highest BCUT2D eigenvalue weighted by atomic mass is 19.4. The van der Waals surface area contributed by atoms with Gasteiger partial charge in [-0.1, -0.05) is 12.1 Å². The molecule has 1 N–H and O–H groups in total. The number of halogens is 3. The van der Waals surface area contributed by atoms with Crippen LogP contribution < -0.4 is 20.3 Å². The number of carbonyl (C=O) groups excluding carboxylic acids is 1. The second-order valence-corrected chi connectivity index (χ2v) is 6.43. The van der Waals surface area contributed by atoms with Gasteiger partial charge in [0.15, 0.2) is 0 Å². The number of rotatable bonds is 6. The Labute approximate surface area is 175 Å². The zero-order valence-electron chi connectivity index (χ0n) is 16.6. The molecule has 0 saturated heterocycles. The molecule has 0 unspecified atom stereocenters. The molecule has 10 heteroatoms. The molecular formula is C21H18F3N3O4. The first kappa shape index (κ1) is 21.9. The molecule has 1 aromatic heterocycles. The standard InChI is InChI=1S/C21H18F3N3O4/c1-30-15-7-8-18(31-2)17(9-15)26-19(28)11-27-12-25-16(10-20(27)29)13-3-5-14(6-4-13)21(22,23)24/h3-10,12H,11H2,1-2H3,(H,26,28). The van der Waals surface area contributed by atoms with Gasteiger partial charge in [-0.2, -0.15) is 13.2 Å². The topological polar surface area (TPSA) is 82.4 Å². The fourth-order valence-corrected chi connectivity index (χ4v) is 2.79. The Morgan fingerprint density at radius 2 is 1.77 bits per heavy atom. The van der Waals surface area contributed by atoms with Gasteiger partial charge < -0.3 is 14.8 Å². The second kappa shape index (κ2) is 8.90. The summed E-state index contributed by atoms with van der Waals surface area (Å²) in [6, 6.07) is 10.3. The molecule has 31 heavy (non-hydrogen) atoms. The molecule has 3 aromatic rings. The van der Waals surface area contributed by atoms with Crippen LogP contribution in [-0.4, -0.2) is 29.7 Å². The molecule has 0 saturated carbocycles. The van der Waals surface area contributed by atoms with Gasteiger partial charge >= 0.3 is 6.18 Å².